The number of benzene rings is 1. The predicted molar refractivity (Wildman–Crippen MR) is 94.4 cm³/mol. The molecule has 150 valence electrons. The zero-order valence-electron chi connectivity index (χ0n) is 15.7. The molecule has 5 nitrogen and oxygen atoms in total. The van der Waals surface area contributed by atoms with Gasteiger partial charge in [0.25, 0.3) is 5.91 Å². The van der Waals surface area contributed by atoms with Crippen LogP contribution in [0.2, 0.25) is 0 Å². The summed E-state index contributed by atoms with van der Waals surface area (Å²) < 4.78 is 42.6. The Morgan fingerprint density at radius 3 is 2.15 bits per heavy atom. The Hall–Kier alpha value is -2.25. The second kappa shape index (κ2) is 8.63. The third-order valence-electron chi connectivity index (χ3n) is 4.61. The number of ether oxygens (including phenoxy) is 1. The quantitative estimate of drug-likeness (QED) is 0.845. The van der Waals surface area contributed by atoms with Gasteiger partial charge in [-0.15, -0.1) is 0 Å². The summed E-state index contributed by atoms with van der Waals surface area (Å²) in [6.45, 7) is 6.38. The van der Waals surface area contributed by atoms with E-state index in [4.69, 9.17) is 4.74 Å². The van der Waals surface area contributed by atoms with Gasteiger partial charge in [0.15, 0.2) is 6.10 Å². The molecule has 0 radical (unpaired) electrons. The first-order valence-corrected chi connectivity index (χ1v) is 9.01. The molecule has 1 atom stereocenters. The van der Waals surface area contributed by atoms with Crippen LogP contribution < -0.4 is 10.1 Å². The molecule has 0 saturated carbocycles. The maximum Gasteiger partial charge on any atom is 0.471 e. The number of carbonyl (C=O) groups is 2. The standard InChI is InChI=1S/C19H25F3N2O3/c1-12(2)14-4-6-16(7-5-14)27-13(3)17(25)24-10-8-15(9-11-24)23-18(26)19(20,21)22/h4-7,12-13,15H,8-11H2,1-3H3,(H,23,26). The number of nitrogens with one attached hydrogen (secondary N) is 1. The van der Waals surface area contributed by atoms with Gasteiger partial charge in [-0.05, 0) is 43.4 Å². The SMILES string of the molecule is CC(Oc1ccc(C(C)C)cc1)C(=O)N1CCC(NC(=O)C(F)(F)F)CC1. The van der Waals surface area contributed by atoms with Crippen molar-refractivity contribution in [3.8, 4) is 5.75 Å². The predicted octanol–water partition coefficient (Wildman–Crippen LogP) is 3.25. The normalized spacial score (nSPS) is 16.9. The van der Waals surface area contributed by atoms with E-state index < -0.39 is 24.2 Å². The van der Waals surface area contributed by atoms with Crippen molar-refractivity contribution in [2.45, 2.75) is 57.9 Å². The van der Waals surface area contributed by atoms with E-state index in [2.05, 4.69) is 13.8 Å². The summed E-state index contributed by atoms with van der Waals surface area (Å²) >= 11 is 0. The minimum absolute atomic E-state index is 0.219. The fourth-order valence-electron chi connectivity index (χ4n) is 2.95. The van der Waals surface area contributed by atoms with Crippen LogP contribution in [0.4, 0.5) is 13.2 Å². The van der Waals surface area contributed by atoms with Crippen molar-refractivity contribution >= 4 is 11.8 Å². The molecule has 0 spiro atoms. The molecule has 1 unspecified atom stereocenters. The zero-order valence-corrected chi connectivity index (χ0v) is 15.7. The average Bonchev–Trinajstić information content (AvgIpc) is 2.61. The first kappa shape index (κ1) is 21.1. The second-order valence-corrected chi connectivity index (χ2v) is 7.05. The van der Waals surface area contributed by atoms with Crippen molar-refractivity contribution < 1.29 is 27.5 Å². The highest BCUT2D eigenvalue weighted by Crippen LogP contribution is 2.21. The minimum atomic E-state index is -4.89. The Morgan fingerprint density at radius 2 is 1.67 bits per heavy atom. The third-order valence-corrected chi connectivity index (χ3v) is 4.61. The number of carbonyl (C=O) groups excluding carboxylic acids is 2. The fourth-order valence-corrected chi connectivity index (χ4v) is 2.95. The summed E-state index contributed by atoms with van der Waals surface area (Å²) in [6.07, 6.45) is -5.02. The van der Waals surface area contributed by atoms with Crippen LogP contribution in [0.1, 0.15) is 45.1 Å². The van der Waals surface area contributed by atoms with Crippen LogP contribution in [0.15, 0.2) is 24.3 Å². The number of amides is 2. The molecule has 2 rings (SSSR count). The van der Waals surface area contributed by atoms with Gasteiger partial charge < -0.3 is 15.0 Å². The van der Waals surface area contributed by atoms with Crippen molar-refractivity contribution in [3.63, 3.8) is 0 Å². The Labute approximate surface area is 156 Å². The van der Waals surface area contributed by atoms with Gasteiger partial charge in [-0.2, -0.15) is 13.2 Å². The maximum atomic E-state index is 12.5. The molecule has 8 heteroatoms. The monoisotopic (exact) mass is 386 g/mol. The van der Waals surface area contributed by atoms with E-state index in [9.17, 15) is 22.8 Å². The van der Waals surface area contributed by atoms with E-state index >= 15 is 0 Å². The molecule has 1 heterocycles. The molecule has 1 N–H and O–H groups in total. The molecular weight excluding hydrogens is 361 g/mol. The van der Waals surface area contributed by atoms with Gasteiger partial charge >= 0.3 is 12.1 Å². The molecule has 2 amide bonds. The van der Waals surface area contributed by atoms with Gasteiger partial charge in [0.05, 0.1) is 0 Å². The van der Waals surface area contributed by atoms with E-state index in [1.54, 1.807) is 11.8 Å². The van der Waals surface area contributed by atoms with Crippen molar-refractivity contribution in [2.24, 2.45) is 0 Å². The van der Waals surface area contributed by atoms with Crippen LogP contribution in [0.5, 0.6) is 5.75 Å². The number of halogens is 3. The highest BCUT2D eigenvalue weighted by atomic mass is 19.4. The van der Waals surface area contributed by atoms with E-state index in [0.717, 1.165) is 0 Å². The lowest BCUT2D eigenvalue weighted by molar-refractivity contribution is -0.174. The van der Waals surface area contributed by atoms with Gasteiger partial charge in [-0.1, -0.05) is 26.0 Å². The van der Waals surface area contributed by atoms with Crippen molar-refractivity contribution in [1.82, 2.24) is 10.2 Å². The number of hydrogen-bond acceptors (Lipinski definition) is 3. The van der Waals surface area contributed by atoms with E-state index in [0.29, 0.717) is 11.7 Å². The summed E-state index contributed by atoms with van der Waals surface area (Å²) in [5, 5.41) is 1.97. The van der Waals surface area contributed by atoms with E-state index in [-0.39, 0.29) is 31.8 Å². The number of rotatable bonds is 5. The van der Waals surface area contributed by atoms with Gasteiger partial charge in [-0.3, -0.25) is 9.59 Å². The van der Waals surface area contributed by atoms with Crippen molar-refractivity contribution in [2.75, 3.05) is 13.1 Å². The van der Waals surface area contributed by atoms with Gasteiger partial charge in [-0.25, -0.2) is 0 Å². The lowest BCUT2D eigenvalue weighted by atomic mass is 10.0. The molecule has 0 bridgehead atoms. The first-order chi connectivity index (χ1) is 12.6. The molecule has 1 aromatic rings. The average molecular weight is 386 g/mol. The maximum absolute atomic E-state index is 12.5. The molecule has 1 aliphatic rings. The zero-order chi connectivity index (χ0) is 20.2. The Morgan fingerprint density at radius 1 is 1.11 bits per heavy atom. The smallest absolute Gasteiger partial charge is 0.471 e. The van der Waals surface area contributed by atoms with Crippen LogP contribution in [-0.4, -0.2) is 48.1 Å². The highest BCUT2D eigenvalue weighted by molar-refractivity contribution is 5.82. The summed E-state index contributed by atoms with van der Waals surface area (Å²) in [5.41, 5.74) is 1.17. The Bertz CT molecular complexity index is 651. The number of nitrogens with zero attached hydrogens (tertiary/aromatic N) is 1. The molecule has 1 aromatic carbocycles. The molecule has 27 heavy (non-hydrogen) atoms. The largest absolute Gasteiger partial charge is 0.481 e. The third kappa shape index (κ3) is 5.87. The van der Waals surface area contributed by atoms with Crippen LogP contribution in [0.3, 0.4) is 0 Å². The molecule has 1 saturated heterocycles. The number of piperidine rings is 1. The molecule has 1 fully saturated rings. The van der Waals surface area contributed by atoms with E-state index in [1.165, 1.54) is 5.56 Å². The van der Waals surface area contributed by atoms with Crippen LogP contribution in [-0.2, 0) is 9.59 Å². The summed E-state index contributed by atoms with van der Waals surface area (Å²) in [7, 11) is 0. The summed E-state index contributed by atoms with van der Waals surface area (Å²) in [5.74, 6) is -1.16. The lowest BCUT2D eigenvalue weighted by Crippen LogP contribution is -2.51. The Kier molecular flexibility index (Phi) is 6.73. The summed E-state index contributed by atoms with van der Waals surface area (Å²) in [6, 6.07) is 6.96. The Balaban J connectivity index is 1.83. The molecular formula is C19H25F3N2O3. The van der Waals surface area contributed by atoms with Crippen LogP contribution in [0, 0.1) is 0 Å². The fraction of sp³-hybridized carbons (Fsp3) is 0.579. The number of likely N-dealkylation sites (tertiary alicyclic amines) is 1. The van der Waals surface area contributed by atoms with Crippen molar-refractivity contribution in [3.05, 3.63) is 29.8 Å². The first-order valence-electron chi connectivity index (χ1n) is 9.01. The molecule has 0 aromatic heterocycles. The minimum Gasteiger partial charge on any atom is -0.481 e. The topological polar surface area (TPSA) is 58.6 Å². The van der Waals surface area contributed by atoms with Crippen LogP contribution in [0.25, 0.3) is 0 Å². The van der Waals surface area contributed by atoms with E-state index in [1.807, 2.05) is 29.6 Å². The van der Waals surface area contributed by atoms with Crippen LogP contribution >= 0.6 is 0 Å². The molecule has 1 aliphatic heterocycles. The van der Waals surface area contributed by atoms with Gasteiger partial charge in [0.1, 0.15) is 5.75 Å². The van der Waals surface area contributed by atoms with Crippen molar-refractivity contribution in [1.29, 1.82) is 0 Å². The number of alkyl halides is 3. The second-order valence-electron chi connectivity index (χ2n) is 7.05. The van der Waals surface area contributed by atoms with Gasteiger partial charge in [0, 0.05) is 19.1 Å². The summed E-state index contributed by atoms with van der Waals surface area (Å²) in [4.78, 5) is 25.0. The molecule has 0 aliphatic carbocycles. The highest BCUT2D eigenvalue weighted by Gasteiger charge is 2.40. The number of hydrogen-bond donors (Lipinski definition) is 1. The van der Waals surface area contributed by atoms with Gasteiger partial charge in [0.2, 0.25) is 0 Å². The lowest BCUT2D eigenvalue weighted by Gasteiger charge is -2.34.